The molecule has 0 bridgehead atoms. The lowest BCUT2D eigenvalue weighted by Crippen LogP contribution is -2.19. The molecule has 3 N–H and O–H groups in total. The number of nitrogens with one attached hydrogen (secondary N) is 1. The molecule has 1 atom stereocenters. The van der Waals surface area contributed by atoms with Crippen molar-refractivity contribution < 1.29 is 4.79 Å². The summed E-state index contributed by atoms with van der Waals surface area (Å²) in [6.07, 6.45) is 0. The number of carbonyl (C=O) groups is 1. The Morgan fingerprint density at radius 2 is 1.95 bits per heavy atom. The van der Waals surface area contributed by atoms with E-state index >= 15 is 0 Å². The molecular formula is C16H15BrN2OS. The third-order valence-corrected chi connectivity index (χ3v) is 5.65. The molecule has 1 aliphatic rings. The van der Waals surface area contributed by atoms with Crippen LogP contribution in [-0.4, -0.2) is 5.91 Å². The molecule has 1 heterocycles. The van der Waals surface area contributed by atoms with E-state index in [-0.39, 0.29) is 5.91 Å². The molecule has 0 saturated carbocycles. The van der Waals surface area contributed by atoms with E-state index < -0.39 is 6.04 Å². The van der Waals surface area contributed by atoms with Crippen molar-refractivity contribution in [1.82, 2.24) is 0 Å². The van der Waals surface area contributed by atoms with Crippen molar-refractivity contribution in [1.29, 1.82) is 0 Å². The number of carbonyl (C=O) groups excluding carboxylic acids is 1. The number of fused-ring (bicyclic) bond motifs is 1. The molecule has 3 nitrogen and oxygen atoms in total. The summed E-state index contributed by atoms with van der Waals surface area (Å²) < 4.78 is 0.955. The van der Waals surface area contributed by atoms with E-state index in [1.807, 2.05) is 12.1 Å². The third kappa shape index (κ3) is 2.73. The summed E-state index contributed by atoms with van der Waals surface area (Å²) in [5, 5.41) is 2.82. The van der Waals surface area contributed by atoms with E-state index in [9.17, 15) is 4.79 Å². The van der Waals surface area contributed by atoms with Gasteiger partial charge in [-0.05, 0) is 65.2 Å². The maximum Gasteiger partial charge on any atom is 0.245 e. The van der Waals surface area contributed by atoms with E-state index in [2.05, 4.69) is 53.3 Å². The van der Waals surface area contributed by atoms with Crippen molar-refractivity contribution in [3.05, 3.63) is 51.5 Å². The molecule has 21 heavy (non-hydrogen) atoms. The standard InChI is InChI=1S/C16H15BrN2OS/c1-8-3-4-10(5-9(8)2)21-14-7-13-11(6-12(14)17)15(18)16(20)19-13/h3-7,15H,18H2,1-2H3,(H,19,20). The van der Waals surface area contributed by atoms with Crippen molar-refractivity contribution >= 4 is 39.3 Å². The van der Waals surface area contributed by atoms with E-state index in [1.54, 1.807) is 11.8 Å². The molecule has 5 heteroatoms. The van der Waals surface area contributed by atoms with Gasteiger partial charge in [-0.2, -0.15) is 0 Å². The maximum atomic E-state index is 11.6. The van der Waals surface area contributed by atoms with Crippen molar-refractivity contribution in [3.8, 4) is 0 Å². The first-order chi connectivity index (χ1) is 9.95. The Bertz CT molecular complexity index is 745. The smallest absolute Gasteiger partial charge is 0.245 e. The monoisotopic (exact) mass is 362 g/mol. The summed E-state index contributed by atoms with van der Waals surface area (Å²) in [6, 6.07) is 9.74. The fraction of sp³-hybridized carbons (Fsp3) is 0.188. The Morgan fingerprint density at radius 1 is 1.19 bits per heavy atom. The second-order valence-corrected chi connectivity index (χ2v) is 7.15. The van der Waals surface area contributed by atoms with Crippen molar-refractivity contribution in [3.63, 3.8) is 0 Å². The van der Waals surface area contributed by atoms with E-state index in [1.165, 1.54) is 16.0 Å². The summed E-state index contributed by atoms with van der Waals surface area (Å²) >= 11 is 5.24. The Balaban J connectivity index is 1.95. The van der Waals surface area contributed by atoms with Crippen LogP contribution in [0.15, 0.2) is 44.6 Å². The zero-order valence-corrected chi connectivity index (χ0v) is 14.1. The van der Waals surface area contributed by atoms with Gasteiger partial charge in [0, 0.05) is 25.5 Å². The van der Waals surface area contributed by atoms with Crippen LogP contribution in [0.5, 0.6) is 0 Å². The summed E-state index contributed by atoms with van der Waals surface area (Å²) in [7, 11) is 0. The molecule has 0 spiro atoms. The predicted molar refractivity (Wildman–Crippen MR) is 89.7 cm³/mol. The van der Waals surface area contributed by atoms with Gasteiger partial charge < -0.3 is 11.1 Å². The first kappa shape index (κ1) is 14.6. The third-order valence-electron chi connectivity index (χ3n) is 3.69. The van der Waals surface area contributed by atoms with Gasteiger partial charge in [0.2, 0.25) is 5.91 Å². The number of nitrogens with two attached hydrogens (primary N) is 1. The molecule has 0 fully saturated rings. The highest BCUT2D eigenvalue weighted by molar-refractivity contribution is 9.10. The van der Waals surface area contributed by atoms with Crippen LogP contribution in [0, 0.1) is 13.8 Å². The predicted octanol–water partition coefficient (Wildman–Crippen LogP) is 4.17. The van der Waals surface area contributed by atoms with Crippen LogP contribution in [0.2, 0.25) is 0 Å². The fourth-order valence-electron chi connectivity index (χ4n) is 2.27. The molecule has 0 aromatic heterocycles. The number of aryl methyl sites for hydroxylation is 2. The van der Waals surface area contributed by atoms with Crippen LogP contribution >= 0.6 is 27.7 Å². The van der Waals surface area contributed by atoms with Gasteiger partial charge >= 0.3 is 0 Å². The number of hydrogen-bond donors (Lipinski definition) is 2. The van der Waals surface area contributed by atoms with Crippen LogP contribution in [0.3, 0.4) is 0 Å². The molecule has 0 radical (unpaired) electrons. The molecule has 0 saturated heterocycles. The molecule has 1 amide bonds. The van der Waals surface area contributed by atoms with Gasteiger partial charge in [0.1, 0.15) is 6.04 Å². The number of amides is 1. The van der Waals surface area contributed by atoms with Crippen molar-refractivity contribution in [2.75, 3.05) is 5.32 Å². The Labute approximate surface area is 136 Å². The summed E-state index contributed by atoms with van der Waals surface area (Å²) in [4.78, 5) is 13.9. The summed E-state index contributed by atoms with van der Waals surface area (Å²) in [5.74, 6) is -0.148. The first-order valence-electron chi connectivity index (χ1n) is 6.60. The van der Waals surface area contributed by atoms with Crippen LogP contribution in [0.1, 0.15) is 22.7 Å². The van der Waals surface area contributed by atoms with Crippen LogP contribution < -0.4 is 11.1 Å². The maximum absolute atomic E-state index is 11.6. The van der Waals surface area contributed by atoms with E-state index in [4.69, 9.17) is 5.73 Å². The van der Waals surface area contributed by atoms with Crippen molar-refractivity contribution in [2.24, 2.45) is 5.73 Å². The van der Waals surface area contributed by atoms with Crippen molar-refractivity contribution in [2.45, 2.75) is 29.7 Å². The second-order valence-electron chi connectivity index (χ2n) is 5.18. The van der Waals surface area contributed by atoms with Crippen LogP contribution in [0.25, 0.3) is 0 Å². The Hall–Kier alpha value is -1.30. The van der Waals surface area contributed by atoms with Gasteiger partial charge in [0.15, 0.2) is 0 Å². The summed E-state index contributed by atoms with van der Waals surface area (Å²) in [6.45, 7) is 4.21. The molecule has 0 aliphatic carbocycles. The number of halogens is 1. The zero-order chi connectivity index (χ0) is 15.1. The first-order valence-corrected chi connectivity index (χ1v) is 8.21. The highest BCUT2D eigenvalue weighted by atomic mass is 79.9. The molecule has 1 aliphatic heterocycles. The second kappa shape index (κ2) is 5.48. The molecule has 108 valence electrons. The fourth-order valence-corrected chi connectivity index (χ4v) is 3.83. The minimum atomic E-state index is -0.572. The number of rotatable bonds is 2. The lowest BCUT2D eigenvalue weighted by atomic mass is 10.1. The minimum Gasteiger partial charge on any atom is -0.324 e. The van der Waals surface area contributed by atoms with Crippen LogP contribution in [0.4, 0.5) is 5.69 Å². The van der Waals surface area contributed by atoms with Gasteiger partial charge in [0.25, 0.3) is 0 Å². The van der Waals surface area contributed by atoms with Crippen LogP contribution in [-0.2, 0) is 4.79 Å². The van der Waals surface area contributed by atoms with Gasteiger partial charge in [-0.25, -0.2) is 0 Å². The number of anilines is 1. The zero-order valence-electron chi connectivity index (χ0n) is 11.7. The quantitative estimate of drug-likeness (QED) is 0.842. The summed E-state index contributed by atoms with van der Waals surface area (Å²) in [5.41, 5.74) is 10.1. The molecule has 2 aromatic carbocycles. The minimum absolute atomic E-state index is 0.148. The average molecular weight is 363 g/mol. The molecule has 1 unspecified atom stereocenters. The molecule has 3 rings (SSSR count). The highest BCUT2D eigenvalue weighted by Crippen LogP contribution is 2.40. The van der Waals surface area contributed by atoms with Gasteiger partial charge in [-0.1, -0.05) is 17.8 Å². The normalized spacial score (nSPS) is 16.8. The van der Waals surface area contributed by atoms with Gasteiger partial charge in [0.05, 0.1) is 0 Å². The molecular weight excluding hydrogens is 348 g/mol. The van der Waals surface area contributed by atoms with E-state index in [0.717, 1.165) is 20.6 Å². The van der Waals surface area contributed by atoms with E-state index in [0.29, 0.717) is 0 Å². The number of benzene rings is 2. The lowest BCUT2D eigenvalue weighted by Gasteiger charge is -2.10. The van der Waals surface area contributed by atoms with Gasteiger partial charge in [-0.15, -0.1) is 0 Å². The topological polar surface area (TPSA) is 55.1 Å². The SMILES string of the molecule is Cc1ccc(Sc2cc3c(cc2Br)C(N)C(=O)N3)cc1C. The largest absolute Gasteiger partial charge is 0.324 e. The molecule has 2 aromatic rings. The Kier molecular flexibility index (Phi) is 3.82. The highest BCUT2D eigenvalue weighted by Gasteiger charge is 2.28. The van der Waals surface area contributed by atoms with Gasteiger partial charge in [-0.3, -0.25) is 4.79 Å². The number of hydrogen-bond acceptors (Lipinski definition) is 3. The Morgan fingerprint density at radius 3 is 2.67 bits per heavy atom. The average Bonchev–Trinajstić information content (AvgIpc) is 2.70. The lowest BCUT2D eigenvalue weighted by molar-refractivity contribution is -0.116.